The van der Waals surface area contributed by atoms with Crippen molar-refractivity contribution >= 4 is 28.6 Å². The van der Waals surface area contributed by atoms with Crippen molar-refractivity contribution < 1.29 is 4.39 Å². The van der Waals surface area contributed by atoms with Crippen LogP contribution in [-0.2, 0) is 0 Å². The minimum Gasteiger partial charge on any atom is -0.369 e. The standard InChI is InChI=1S/C16H15ClFN3/c1-9-3-4-11(7-13(9)18)10(2)21-15-8-12(17)5-6-14(15)20-16(21)19/h3-8,10H,1-2H3,(H2,19,20). The predicted octanol–water partition coefficient (Wildman–Crippen LogP) is 4.33. The number of anilines is 1. The first-order chi connectivity index (χ1) is 9.97. The van der Waals surface area contributed by atoms with Gasteiger partial charge in [0.05, 0.1) is 17.1 Å². The second kappa shape index (κ2) is 5.04. The van der Waals surface area contributed by atoms with Crippen molar-refractivity contribution in [2.75, 3.05) is 5.73 Å². The van der Waals surface area contributed by atoms with Crippen LogP contribution in [0.2, 0.25) is 5.02 Å². The van der Waals surface area contributed by atoms with Crippen LogP contribution < -0.4 is 5.73 Å². The zero-order valence-electron chi connectivity index (χ0n) is 11.8. The summed E-state index contributed by atoms with van der Waals surface area (Å²) in [5.41, 5.74) is 9.10. The average Bonchev–Trinajstić information content (AvgIpc) is 2.76. The first kappa shape index (κ1) is 13.9. The Balaban J connectivity index is 2.16. The third kappa shape index (κ3) is 2.36. The number of hydrogen-bond donors (Lipinski definition) is 1. The molecule has 0 saturated carbocycles. The number of aromatic nitrogens is 2. The summed E-state index contributed by atoms with van der Waals surface area (Å²) in [6, 6.07) is 10.5. The summed E-state index contributed by atoms with van der Waals surface area (Å²) in [4.78, 5) is 4.33. The van der Waals surface area contributed by atoms with Crippen LogP contribution in [0.25, 0.3) is 11.0 Å². The fraction of sp³-hybridized carbons (Fsp3) is 0.188. The van der Waals surface area contributed by atoms with E-state index in [-0.39, 0.29) is 11.9 Å². The van der Waals surface area contributed by atoms with Crippen LogP contribution in [-0.4, -0.2) is 9.55 Å². The van der Waals surface area contributed by atoms with Crippen LogP contribution in [0.4, 0.5) is 10.3 Å². The van der Waals surface area contributed by atoms with Gasteiger partial charge in [0, 0.05) is 5.02 Å². The highest BCUT2D eigenvalue weighted by Gasteiger charge is 2.16. The van der Waals surface area contributed by atoms with Crippen molar-refractivity contribution in [3.8, 4) is 0 Å². The minimum atomic E-state index is -0.222. The fourth-order valence-corrected chi connectivity index (χ4v) is 2.68. The maximum atomic E-state index is 13.8. The Hall–Kier alpha value is -2.07. The summed E-state index contributed by atoms with van der Waals surface area (Å²) in [5, 5.41) is 0.617. The number of fused-ring (bicyclic) bond motifs is 1. The van der Waals surface area contributed by atoms with Gasteiger partial charge in [-0.2, -0.15) is 0 Å². The molecule has 5 heteroatoms. The molecule has 108 valence electrons. The van der Waals surface area contributed by atoms with Crippen LogP contribution in [0.15, 0.2) is 36.4 Å². The summed E-state index contributed by atoms with van der Waals surface area (Å²) in [5.74, 6) is 0.168. The first-order valence-corrected chi connectivity index (χ1v) is 7.04. The van der Waals surface area contributed by atoms with Crippen LogP contribution in [0.5, 0.6) is 0 Å². The lowest BCUT2D eigenvalue weighted by Crippen LogP contribution is -2.10. The molecule has 0 saturated heterocycles. The van der Waals surface area contributed by atoms with E-state index < -0.39 is 0 Å². The average molecular weight is 304 g/mol. The van der Waals surface area contributed by atoms with Crippen molar-refractivity contribution in [3.05, 3.63) is 58.4 Å². The minimum absolute atomic E-state index is 0.136. The van der Waals surface area contributed by atoms with Crippen molar-refractivity contribution in [2.24, 2.45) is 0 Å². The van der Waals surface area contributed by atoms with Crippen molar-refractivity contribution in [2.45, 2.75) is 19.9 Å². The van der Waals surface area contributed by atoms with Gasteiger partial charge in [-0.3, -0.25) is 0 Å². The number of imidazole rings is 1. The molecule has 21 heavy (non-hydrogen) atoms. The highest BCUT2D eigenvalue weighted by Crippen LogP contribution is 2.29. The topological polar surface area (TPSA) is 43.8 Å². The maximum Gasteiger partial charge on any atom is 0.201 e. The summed E-state index contributed by atoms with van der Waals surface area (Å²) in [6.45, 7) is 3.70. The molecular formula is C16H15ClFN3. The van der Waals surface area contributed by atoms with Gasteiger partial charge >= 0.3 is 0 Å². The molecule has 0 fully saturated rings. The number of rotatable bonds is 2. The summed E-state index contributed by atoms with van der Waals surface area (Å²) < 4.78 is 15.6. The second-order valence-corrected chi connectivity index (χ2v) is 5.59. The highest BCUT2D eigenvalue weighted by atomic mass is 35.5. The summed E-state index contributed by atoms with van der Waals surface area (Å²) >= 11 is 6.05. The molecule has 0 aliphatic rings. The molecule has 3 aromatic rings. The molecule has 0 radical (unpaired) electrons. The Kier molecular flexibility index (Phi) is 3.33. The Bertz CT molecular complexity index is 826. The lowest BCUT2D eigenvalue weighted by atomic mass is 10.1. The Morgan fingerprint density at radius 3 is 2.71 bits per heavy atom. The molecule has 1 heterocycles. The molecule has 3 nitrogen and oxygen atoms in total. The van der Waals surface area contributed by atoms with E-state index in [0.717, 1.165) is 16.6 Å². The Morgan fingerprint density at radius 1 is 1.24 bits per heavy atom. The summed E-state index contributed by atoms with van der Waals surface area (Å²) in [7, 11) is 0. The van der Waals surface area contributed by atoms with E-state index in [0.29, 0.717) is 16.5 Å². The largest absolute Gasteiger partial charge is 0.369 e. The van der Waals surface area contributed by atoms with Gasteiger partial charge in [-0.25, -0.2) is 9.37 Å². The van der Waals surface area contributed by atoms with E-state index in [9.17, 15) is 4.39 Å². The fourth-order valence-electron chi connectivity index (χ4n) is 2.51. The van der Waals surface area contributed by atoms with Gasteiger partial charge in [-0.1, -0.05) is 23.7 Å². The van der Waals surface area contributed by atoms with Gasteiger partial charge in [-0.05, 0) is 49.2 Å². The van der Waals surface area contributed by atoms with Crippen molar-refractivity contribution in [1.29, 1.82) is 0 Å². The third-order valence-electron chi connectivity index (χ3n) is 3.74. The highest BCUT2D eigenvalue weighted by molar-refractivity contribution is 6.31. The molecule has 2 aromatic carbocycles. The molecule has 1 unspecified atom stereocenters. The number of aryl methyl sites for hydroxylation is 1. The molecule has 0 amide bonds. The van der Waals surface area contributed by atoms with Gasteiger partial charge in [0.2, 0.25) is 5.95 Å². The number of hydrogen-bond acceptors (Lipinski definition) is 2. The van der Waals surface area contributed by atoms with Crippen molar-refractivity contribution in [1.82, 2.24) is 9.55 Å². The zero-order chi connectivity index (χ0) is 15.1. The lowest BCUT2D eigenvalue weighted by Gasteiger charge is -2.17. The van der Waals surface area contributed by atoms with E-state index in [2.05, 4.69) is 4.98 Å². The predicted molar refractivity (Wildman–Crippen MR) is 84.1 cm³/mol. The molecule has 3 rings (SSSR count). The van der Waals surface area contributed by atoms with E-state index in [1.54, 1.807) is 19.1 Å². The molecular weight excluding hydrogens is 289 g/mol. The monoisotopic (exact) mass is 303 g/mol. The van der Waals surface area contributed by atoms with Crippen LogP contribution in [0, 0.1) is 12.7 Å². The quantitative estimate of drug-likeness (QED) is 0.766. The van der Waals surface area contributed by atoms with Gasteiger partial charge in [-0.15, -0.1) is 0 Å². The van der Waals surface area contributed by atoms with Crippen LogP contribution in [0.3, 0.4) is 0 Å². The molecule has 2 N–H and O–H groups in total. The van der Waals surface area contributed by atoms with Crippen LogP contribution >= 0.6 is 11.6 Å². The number of nitrogen functional groups attached to an aromatic ring is 1. The molecule has 1 atom stereocenters. The van der Waals surface area contributed by atoms with E-state index in [1.165, 1.54) is 6.07 Å². The van der Waals surface area contributed by atoms with Gasteiger partial charge in [0.25, 0.3) is 0 Å². The molecule has 0 spiro atoms. The van der Waals surface area contributed by atoms with Crippen molar-refractivity contribution in [3.63, 3.8) is 0 Å². The number of benzene rings is 2. The number of nitrogens with zero attached hydrogens (tertiary/aromatic N) is 2. The van der Waals surface area contributed by atoms with Gasteiger partial charge < -0.3 is 10.3 Å². The maximum absolute atomic E-state index is 13.8. The molecule has 0 aliphatic heterocycles. The van der Waals surface area contributed by atoms with E-state index >= 15 is 0 Å². The third-order valence-corrected chi connectivity index (χ3v) is 3.98. The summed E-state index contributed by atoms with van der Waals surface area (Å²) in [6.07, 6.45) is 0. The molecule has 1 aromatic heterocycles. The van der Waals surface area contributed by atoms with Crippen LogP contribution in [0.1, 0.15) is 24.1 Å². The van der Waals surface area contributed by atoms with Gasteiger partial charge in [0.15, 0.2) is 0 Å². The smallest absolute Gasteiger partial charge is 0.201 e. The first-order valence-electron chi connectivity index (χ1n) is 6.66. The lowest BCUT2D eigenvalue weighted by molar-refractivity contribution is 0.604. The second-order valence-electron chi connectivity index (χ2n) is 5.16. The number of nitrogens with two attached hydrogens (primary N) is 1. The van der Waals surface area contributed by atoms with E-state index in [4.69, 9.17) is 17.3 Å². The number of halogens is 2. The normalized spacial score (nSPS) is 12.8. The Labute approximate surface area is 127 Å². The molecule has 0 bridgehead atoms. The zero-order valence-corrected chi connectivity index (χ0v) is 12.5. The van der Waals surface area contributed by atoms with Gasteiger partial charge in [0.1, 0.15) is 5.82 Å². The molecule has 0 aliphatic carbocycles. The Morgan fingerprint density at radius 2 is 2.00 bits per heavy atom. The SMILES string of the molecule is Cc1ccc(C(C)n2c(N)nc3ccc(Cl)cc32)cc1F. The van der Waals surface area contributed by atoms with E-state index in [1.807, 2.05) is 29.7 Å².